The van der Waals surface area contributed by atoms with E-state index in [-0.39, 0.29) is 61.7 Å². The van der Waals surface area contributed by atoms with Crippen LogP contribution in [0.15, 0.2) is 17.6 Å². The van der Waals surface area contributed by atoms with Gasteiger partial charge in [0.25, 0.3) is 5.91 Å². The highest BCUT2D eigenvalue weighted by molar-refractivity contribution is 7.98. The number of anilines is 1. The summed E-state index contributed by atoms with van der Waals surface area (Å²) in [6.45, 7) is 0.0293. The molecule has 3 heterocycles. The van der Waals surface area contributed by atoms with E-state index in [1.54, 1.807) is 6.26 Å². The first kappa shape index (κ1) is 66.9. The number of nitrogen functional groups attached to an aromatic ring is 1. The number of primary amides is 1. The Labute approximate surface area is 459 Å². The summed E-state index contributed by atoms with van der Waals surface area (Å²) in [5.41, 5.74) is 27.7. The number of aromatic nitrogens is 4. The number of aliphatic carboxylic acids is 1. The van der Waals surface area contributed by atoms with Gasteiger partial charge in [-0.15, -0.1) is 0 Å². The van der Waals surface area contributed by atoms with Gasteiger partial charge in [-0.3, -0.25) is 71.6 Å². The number of aliphatic imine (C=N–C) groups is 1. The smallest absolute Gasteiger partial charge is 0.435 e. The first-order chi connectivity index (χ1) is 37.7. The van der Waals surface area contributed by atoms with Crippen LogP contribution in [0.5, 0.6) is 0 Å². The number of nitrogens with two attached hydrogens (primary N) is 5. The first-order valence-corrected chi connectivity index (χ1v) is 27.3. The fraction of sp³-hybridized carbons (Fsp3) is 0.619. The molecule has 36 nitrogen and oxygen atoms in total. The Morgan fingerprint density at radius 3 is 2.14 bits per heavy atom. The number of guanidine groups is 1. The van der Waals surface area contributed by atoms with E-state index in [1.165, 1.54) is 22.7 Å². The minimum absolute atomic E-state index is 0.00676. The van der Waals surface area contributed by atoms with Crippen LogP contribution in [0.25, 0.3) is 11.2 Å². The Balaban J connectivity index is 1.68. The van der Waals surface area contributed by atoms with Crippen LogP contribution in [-0.2, 0) is 66.3 Å². The number of nitrogens with zero attached hydrogens (tertiary/aromatic N) is 5. The molecule has 0 spiro atoms. The van der Waals surface area contributed by atoms with Gasteiger partial charge in [-0.2, -0.15) is 11.8 Å². The van der Waals surface area contributed by atoms with Gasteiger partial charge < -0.3 is 91.0 Å². The number of rotatable bonds is 36. The Morgan fingerprint density at radius 1 is 0.850 bits per heavy atom. The highest BCUT2D eigenvalue weighted by Crippen LogP contribution is 2.45. The zero-order valence-corrected chi connectivity index (χ0v) is 45.3. The molecule has 0 unspecified atom stereocenters. The molecule has 80 heavy (non-hydrogen) atoms. The van der Waals surface area contributed by atoms with Crippen molar-refractivity contribution < 1.29 is 86.7 Å². The topological polar surface area (TPSA) is 579 Å². The summed E-state index contributed by atoms with van der Waals surface area (Å²) in [4.78, 5) is 144. The number of aliphatic hydroxyl groups is 3. The van der Waals surface area contributed by atoms with Crippen molar-refractivity contribution >= 4 is 102 Å². The summed E-state index contributed by atoms with van der Waals surface area (Å²) in [6, 6.07) is -9.74. The van der Waals surface area contributed by atoms with E-state index in [9.17, 15) is 72.9 Å². The van der Waals surface area contributed by atoms with E-state index in [2.05, 4.69) is 57.2 Å². The molecule has 9 amide bonds. The summed E-state index contributed by atoms with van der Waals surface area (Å²) in [7, 11) is -4.89. The minimum Gasteiger partial charge on any atom is -0.481 e. The molecule has 2 aromatic rings. The molecule has 12 atom stereocenters. The Hall–Kier alpha value is -7.38. The predicted octanol–water partition coefficient (Wildman–Crippen LogP) is -8.15. The van der Waals surface area contributed by atoms with Crippen molar-refractivity contribution in [2.45, 2.75) is 119 Å². The van der Waals surface area contributed by atoms with E-state index in [0.717, 1.165) is 20.2 Å². The number of hydrogen-bond donors (Lipinski definition) is 17. The van der Waals surface area contributed by atoms with Crippen LogP contribution in [0, 0.1) is 0 Å². The minimum atomic E-state index is -4.89. The maximum atomic E-state index is 14.0. The third-order valence-electron chi connectivity index (χ3n) is 11.3. The van der Waals surface area contributed by atoms with Crippen molar-refractivity contribution in [1.82, 2.24) is 61.8 Å². The van der Waals surface area contributed by atoms with Crippen LogP contribution in [0.1, 0.15) is 58.6 Å². The SMILES string of the molecule is CSCC[C@H](NC=O)C(=O)N[C@@H](CCCN=C(N)N)C(=O)N[C@H](C(=O)NCC(=O)N[C@@H](CC(N)=O)C(=O)N[C@@H](C)C(=O)N[C@@H](CC(=O)O)C(=O)N[P@@](=O)(OCCCN)OC[C@H]1O[C@@H](n2cnc3c(N)ncnc32)[C@H](O)[C@@H]1O)[C@@H](C)O. The molecule has 1 aliphatic rings. The van der Waals surface area contributed by atoms with Gasteiger partial charge in [-0.1, -0.05) is 0 Å². The number of amides is 9. The second kappa shape index (κ2) is 32.6. The number of hydrogen-bond acceptors (Lipinski definition) is 24. The van der Waals surface area contributed by atoms with Crippen LogP contribution in [0.2, 0.25) is 0 Å². The number of imidazole rings is 1. The normalized spacial score (nSPS) is 19.2. The van der Waals surface area contributed by atoms with Crippen LogP contribution in [0.4, 0.5) is 5.82 Å². The molecule has 0 radical (unpaired) electrons. The van der Waals surface area contributed by atoms with Gasteiger partial charge in [-0.05, 0) is 58.1 Å². The van der Waals surface area contributed by atoms with Crippen molar-refractivity contribution in [1.29, 1.82) is 0 Å². The number of carboxylic acid groups (broad SMARTS) is 1. The first-order valence-electron chi connectivity index (χ1n) is 24.3. The van der Waals surface area contributed by atoms with E-state index in [4.69, 9.17) is 42.5 Å². The molecule has 1 saturated heterocycles. The van der Waals surface area contributed by atoms with Gasteiger partial charge >= 0.3 is 13.7 Å². The lowest BCUT2D eigenvalue weighted by Crippen LogP contribution is -2.59. The molecule has 0 aliphatic carbocycles. The number of ether oxygens (including phenoxy) is 1. The Bertz CT molecular complexity index is 2580. The van der Waals surface area contributed by atoms with Crippen molar-refractivity contribution in [3.8, 4) is 0 Å². The van der Waals surface area contributed by atoms with Gasteiger partial charge in [0.1, 0.15) is 66.4 Å². The third-order valence-corrected chi connectivity index (χ3v) is 13.5. The molecule has 0 bridgehead atoms. The highest BCUT2D eigenvalue weighted by Gasteiger charge is 2.46. The van der Waals surface area contributed by atoms with Crippen LogP contribution < -0.4 is 71.0 Å². The van der Waals surface area contributed by atoms with Gasteiger partial charge in [-0.25, -0.2) is 19.5 Å². The third kappa shape index (κ3) is 21.0. The molecular formula is C42H69N18O18PS. The molecule has 1 aliphatic heterocycles. The van der Waals surface area contributed by atoms with E-state index in [1.807, 2.05) is 5.09 Å². The van der Waals surface area contributed by atoms with Crippen LogP contribution >= 0.6 is 19.5 Å². The molecule has 0 aromatic carbocycles. The highest BCUT2D eigenvalue weighted by atomic mass is 32.2. The summed E-state index contributed by atoms with van der Waals surface area (Å²) in [5, 5.41) is 59.5. The summed E-state index contributed by atoms with van der Waals surface area (Å²) < 4.78 is 31.8. The maximum Gasteiger partial charge on any atom is 0.435 e. The Morgan fingerprint density at radius 2 is 1.51 bits per heavy atom. The maximum absolute atomic E-state index is 14.0. The van der Waals surface area contributed by atoms with Gasteiger partial charge in [0.15, 0.2) is 23.7 Å². The van der Waals surface area contributed by atoms with Crippen molar-refractivity contribution in [3.05, 3.63) is 12.7 Å². The lowest BCUT2D eigenvalue weighted by atomic mass is 10.1. The monoisotopic (exact) mass is 1180 g/mol. The number of carbonyl (C=O) groups excluding carboxylic acids is 9. The second-order valence-electron chi connectivity index (χ2n) is 17.6. The lowest BCUT2D eigenvalue weighted by Gasteiger charge is -2.26. The zero-order valence-electron chi connectivity index (χ0n) is 43.6. The summed E-state index contributed by atoms with van der Waals surface area (Å²) in [5.74, 6) is -10.5. The number of aliphatic hydroxyl groups excluding tert-OH is 3. The van der Waals surface area contributed by atoms with Gasteiger partial charge in [0, 0.05) is 6.54 Å². The summed E-state index contributed by atoms with van der Waals surface area (Å²) in [6.07, 6.45) is -5.10. The van der Waals surface area contributed by atoms with Crippen molar-refractivity contribution in [2.75, 3.05) is 50.6 Å². The van der Waals surface area contributed by atoms with E-state index < -0.39 is 160 Å². The largest absolute Gasteiger partial charge is 0.481 e. The number of carbonyl (C=O) groups is 10. The number of nitrogens with one attached hydrogen (secondary N) is 8. The second-order valence-corrected chi connectivity index (χ2v) is 20.3. The Kier molecular flexibility index (Phi) is 27.3. The fourth-order valence-electron chi connectivity index (χ4n) is 7.21. The molecule has 38 heteroatoms. The molecule has 446 valence electrons. The van der Waals surface area contributed by atoms with Crippen LogP contribution in [0.3, 0.4) is 0 Å². The molecular weight excluding hydrogens is 1110 g/mol. The van der Waals surface area contributed by atoms with Crippen LogP contribution in [-0.4, -0.2) is 211 Å². The standard InChI is InChI=1S/C42H69N18O18PS/c1-19(35(69)57-24(13-28(65)66)39(73)59-79(75,76-10-5-8-43)77-15-25-31(67)32(68)41(78-25)60-17-52-30-33(45)50-16-51-34(30)60)54-38(72)23(12-26(44)63)55-27(64)14-49-40(74)29(20(2)62)58-37(71)22(6-4-9-48-42(46)47)56-36(70)21(53-18-61)7-11-80-3/h16-25,29,31-32,41,62,67-68H,4-15,43H2,1-3H3,(H2,44,63)(H,49,74)(H,53,61)(H,54,72)(H,55,64)(H,56,70)(H,57,69)(H,58,71)(H,65,66)(H2,45,50,51)(H4,46,47,48)(H,59,73,75)/t19-,20+,21-,22-,23-,24-,25+,29-,31+,32+,41+,79+/m0/s1. The number of thioether (sulfide) groups is 1. The van der Waals surface area contributed by atoms with Crippen molar-refractivity contribution in [2.24, 2.45) is 27.9 Å². The molecule has 1 fully saturated rings. The zero-order chi connectivity index (χ0) is 59.9. The van der Waals surface area contributed by atoms with E-state index in [0.29, 0.717) is 12.2 Å². The van der Waals surface area contributed by atoms with E-state index >= 15 is 0 Å². The lowest BCUT2D eigenvalue weighted by molar-refractivity contribution is -0.141. The molecule has 2 aromatic heterocycles. The molecule has 3 rings (SSSR count). The number of fused-ring (bicyclic) bond motifs is 1. The molecule has 0 saturated carbocycles. The average molecular weight is 1180 g/mol. The van der Waals surface area contributed by atoms with Gasteiger partial charge in [0.05, 0.1) is 45.0 Å². The molecule has 22 N–H and O–H groups in total. The van der Waals surface area contributed by atoms with Crippen molar-refractivity contribution in [3.63, 3.8) is 0 Å². The summed E-state index contributed by atoms with van der Waals surface area (Å²) >= 11 is 1.39. The average Bonchev–Trinajstić information content (AvgIpc) is 3.94. The fourth-order valence-corrected chi connectivity index (χ4v) is 9.03. The predicted molar refractivity (Wildman–Crippen MR) is 279 cm³/mol. The number of carboxylic acids is 1. The quantitative estimate of drug-likeness (QED) is 0.00990. The van der Waals surface area contributed by atoms with Gasteiger partial charge in [0.2, 0.25) is 47.8 Å².